The average molecular weight is 539 g/mol. The monoisotopic (exact) mass is 538 g/mol. The van der Waals surface area contributed by atoms with Crippen LogP contribution in [0, 0.1) is 0 Å². The number of anilines is 1. The molecule has 2 aromatic carbocycles. The van der Waals surface area contributed by atoms with Gasteiger partial charge in [0.2, 0.25) is 5.91 Å². The number of nitrogens with zero attached hydrogens (tertiary/aromatic N) is 4. The fourth-order valence-corrected chi connectivity index (χ4v) is 6.07. The lowest BCUT2D eigenvalue weighted by Crippen LogP contribution is -2.57. The molecule has 0 N–H and O–H groups in total. The Balaban J connectivity index is 1.35. The molecular weight excluding hydrogens is 508 g/mol. The van der Waals surface area contributed by atoms with E-state index in [0.29, 0.717) is 38.2 Å². The third-order valence-corrected chi connectivity index (χ3v) is 8.29. The third-order valence-electron chi connectivity index (χ3n) is 7.60. The van der Waals surface area contributed by atoms with Crippen LogP contribution in [0.2, 0.25) is 0 Å². The van der Waals surface area contributed by atoms with Crippen molar-refractivity contribution >= 4 is 39.3 Å². The maximum atomic E-state index is 13.9. The predicted octanol–water partition coefficient (Wildman–Crippen LogP) is 3.74. The van der Waals surface area contributed by atoms with E-state index in [0.717, 1.165) is 42.5 Å². The fourth-order valence-electron chi connectivity index (χ4n) is 5.61. The number of amides is 3. The molecule has 7 nitrogen and oxygen atoms in total. The van der Waals surface area contributed by atoms with Crippen LogP contribution in [0.1, 0.15) is 42.5 Å². The molecule has 0 atom stereocenters. The minimum atomic E-state index is -0.742. The van der Waals surface area contributed by atoms with E-state index in [-0.39, 0.29) is 24.3 Å². The van der Waals surface area contributed by atoms with Crippen molar-refractivity contribution < 1.29 is 14.4 Å². The Morgan fingerprint density at radius 2 is 1.49 bits per heavy atom. The molecule has 0 unspecified atom stereocenters. The first kappa shape index (κ1) is 23.9. The van der Waals surface area contributed by atoms with Crippen molar-refractivity contribution in [3.63, 3.8) is 0 Å². The average Bonchev–Trinajstić information content (AvgIpc) is 3.16. The Hall–Kier alpha value is -2.87. The fraction of sp³-hybridized carbons (Fsp3) is 0.444. The van der Waals surface area contributed by atoms with Gasteiger partial charge in [-0.1, -0.05) is 30.3 Å². The molecule has 0 aliphatic carbocycles. The number of likely N-dealkylation sites (tertiary alicyclic amines) is 2. The number of rotatable bonds is 4. The topological polar surface area (TPSA) is 64.2 Å². The summed E-state index contributed by atoms with van der Waals surface area (Å²) in [5, 5.41) is 0. The van der Waals surface area contributed by atoms with Crippen LogP contribution in [0.5, 0.6) is 0 Å². The number of carbonyl (C=O) groups excluding carboxylic acids is 3. The standard InChI is InChI=1S/C27H31BrN4O3/c28-23-12-6-5-11-22(23)25(34)30-17-13-27(14-18-30)26(35)31(19-24(33)29-15-7-2-8-16-29)20-32(27)21-9-3-1-4-10-21/h1,3-6,9-12H,2,7-8,13-20H2. The lowest BCUT2D eigenvalue weighted by atomic mass is 9.85. The molecule has 35 heavy (non-hydrogen) atoms. The van der Waals surface area contributed by atoms with Gasteiger partial charge in [-0.15, -0.1) is 0 Å². The maximum Gasteiger partial charge on any atom is 0.255 e. The summed E-state index contributed by atoms with van der Waals surface area (Å²) < 4.78 is 0.774. The second-order valence-corrected chi connectivity index (χ2v) is 10.5. The summed E-state index contributed by atoms with van der Waals surface area (Å²) >= 11 is 3.48. The number of benzene rings is 2. The van der Waals surface area contributed by atoms with Crippen LogP contribution in [0.4, 0.5) is 5.69 Å². The van der Waals surface area contributed by atoms with Gasteiger partial charge in [0.05, 0.1) is 12.2 Å². The summed E-state index contributed by atoms with van der Waals surface area (Å²) in [4.78, 5) is 47.7. The van der Waals surface area contributed by atoms with Gasteiger partial charge in [0, 0.05) is 36.3 Å². The Bertz CT molecular complexity index is 1090. The minimum absolute atomic E-state index is 0.000275. The van der Waals surface area contributed by atoms with E-state index in [4.69, 9.17) is 0 Å². The van der Waals surface area contributed by atoms with E-state index < -0.39 is 5.54 Å². The van der Waals surface area contributed by atoms with Crippen molar-refractivity contribution in [1.82, 2.24) is 14.7 Å². The Morgan fingerprint density at radius 3 is 2.17 bits per heavy atom. The van der Waals surface area contributed by atoms with E-state index >= 15 is 0 Å². The number of para-hydroxylation sites is 1. The Labute approximate surface area is 214 Å². The van der Waals surface area contributed by atoms with Gasteiger partial charge in [0.25, 0.3) is 11.8 Å². The van der Waals surface area contributed by atoms with Gasteiger partial charge < -0.3 is 19.6 Å². The molecule has 8 heteroatoms. The molecule has 0 aromatic heterocycles. The lowest BCUT2D eigenvalue weighted by molar-refractivity contribution is -0.141. The normalized spacial score (nSPS) is 20.0. The number of halogens is 1. The first-order valence-electron chi connectivity index (χ1n) is 12.4. The van der Waals surface area contributed by atoms with Crippen molar-refractivity contribution in [3.05, 3.63) is 64.6 Å². The molecule has 5 rings (SSSR count). The molecule has 3 amide bonds. The molecular formula is C27H31BrN4O3. The second kappa shape index (κ2) is 10.0. The van der Waals surface area contributed by atoms with E-state index in [2.05, 4.69) is 20.8 Å². The van der Waals surface area contributed by atoms with E-state index in [1.54, 1.807) is 4.90 Å². The van der Waals surface area contributed by atoms with E-state index in [1.807, 2.05) is 64.4 Å². The first-order valence-corrected chi connectivity index (χ1v) is 13.2. The zero-order chi connectivity index (χ0) is 24.4. The van der Waals surface area contributed by atoms with E-state index in [9.17, 15) is 14.4 Å². The summed E-state index contributed by atoms with van der Waals surface area (Å²) in [5.74, 6) is 0.00511. The zero-order valence-electron chi connectivity index (χ0n) is 19.9. The number of hydrogen-bond donors (Lipinski definition) is 0. The van der Waals surface area contributed by atoms with Crippen LogP contribution in [0.3, 0.4) is 0 Å². The van der Waals surface area contributed by atoms with Crippen molar-refractivity contribution in [1.29, 1.82) is 0 Å². The summed E-state index contributed by atoms with van der Waals surface area (Å²) in [7, 11) is 0. The predicted molar refractivity (Wildman–Crippen MR) is 138 cm³/mol. The zero-order valence-corrected chi connectivity index (χ0v) is 21.5. The van der Waals surface area contributed by atoms with Crippen molar-refractivity contribution in [2.24, 2.45) is 0 Å². The first-order chi connectivity index (χ1) is 17.0. The molecule has 0 saturated carbocycles. The van der Waals surface area contributed by atoms with Gasteiger partial charge in [0.1, 0.15) is 12.1 Å². The van der Waals surface area contributed by atoms with Crippen LogP contribution in [0.15, 0.2) is 59.1 Å². The summed E-state index contributed by atoms with van der Waals surface area (Å²) in [6.45, 7) is 3.04. The van der Waals surface area contributed by atoms with Gasteiger partial charge in [-0.25, -0.2) is 0 Å². The summed E-state index contributed by atoms with van der Waals surface area (Å²) in [6, 6.07) is 17.4. The van der Waals surface area contributed by atoms with Gasteiger partial charge in [-0.3, -0.25) is 14.4 Å². The molecule has 3 saturated heterocycles. The van der Waals surface area contributed by atoms with Gasteiger partial charge in [-0.2, -0.15) is 0 Å². The largest absolute Gasteiger partial charge is 0.341 e. The molecule has 3 aliphatic rings. The molecule has 0 radical (unpaired) electrons. The Morgan fingerprint density at radius 1 is 0.829 bits per heavy atom. The quantitative estimate of drug-likeness (QED) is 0.594. The highest BCUT2D eigenvalue weighted by atomic mass is 79.9. The minimum Gasteiger partial charge on any atom is -0.341 e. The van der Waals surface area contributed by atoms with Gasteiger partial charge in [0.15, 0.2) is 0 Å². The SMILES string of the molecule is O=C(CN1CN(c2ccccc2)C2(CCN(C(=O)c3ccccc3Br)CC2)C1=O)N1CCCCC1. The number of hydrogen-bond acceptors (Lipinski definition) is 4. The lowest BCUT2D eigenvalue weighted by Gasteiger charge is -2.43. The smallest absolute Gasteiger partial charge is 0.255 e. The molecule has 2 aromatic rings. The highest BCUT2D eigenvalue weighted by Crippen LogP contribution is 2.40. The van der Waals surface area contributed by atoms with E-state index in [1.165, 1.54) is 0 Å². The van der Waals surface area contributed by atoms with Crippen LogP contribution in [-0.2, 0) is 9.59 Å². The highest BCUT2D eigenvalue weighted by Gasteiger charge is 2.54. The van der Waals surface area contributed by atoms with Gasteiger partial charge >= 0.3 is 0 Å². The van der Waals surface area contributed by atoms with Crippen molar-refractivity contribution in [3.8, 4) is 0 Å². The highest BCUT2D eigenvalue weighted by molar-refractivity contribution is 9.10. The summed E-state index contributed by atoms with van der Waals surface area (Å²) in [6.07, 6.45) is 4.28. The van der Waals surface area contributed by atoms with Crippen LogP contribution in [0.25, 0.3) is 0 Å². The number of piperidine rings is 2. The molecule has 1 spiro atoms. The second-order valence-electron chi connectivity index (χ2n) is 9.65. The summed E-state index contributed by atoms with van der Waals surface area (Å²) in [5.41, 5.74) is 0.864. The molecule has 3 fully saturated rings. The van der Waals surface area contributed by atoms with Crippen LogP contribution in [-0.4, -0.2) is 77.4 Å². The van der Waals surface area contributed by atoms with Crippen molar-refractivity contribution in [2.75, 3.05) is 44.3 Å². The Kier molecular flexibility index (Phi) is 6.82. The third kappa shape index (κ3) is 4.56. The number of carbonyl (C=O) groups is 3. The van der Waals surface area contributed by atoms with Crippen molar-refractivity contribution in [2.45, 2.75) is 37.6 Å². The molecule has 184 valence electrons. The van der Waals surface area contributed by atoms with Crippen LogP contribution >= 0.6 is 15.9 Å². The molecule has 3 aliphatic heterocycles. The van der Waals surface area contributed by atoms with Crippen LogP contribution < -0.4 is 4.90 Å². The molecule has 3 heterocycles. The molecule has 0 bridgehead atoms. The maximum absolute atomic E-state index is 13.9. The van der Waals surface area contributed by atoms with Gasteiger partial charge in [-0.05, 0) is 72.3 Å².